The van der Waals surface area contributed by atoms with Crippen LogP contribution in [-0.2, 0) is 0 Å². The van der Waals surface area contributed by atoms with Crippen LogP contribution in [0.3, 0.4) is 0 Å². The lowest BCUT2D eigenvalue weighted by Crippen LogP contribution is -2.21. The van der Waals surface area contributed by atoms with Gasteiger partial charge in [0.05, 0.1) is 6.10 Å². The van der Waals surface area contributed by atoms with E-state index in [1.807, 2.05) is 0 Å². The van der Waals surface area contributed by atoms with Gasteiger partial charge >= 0.3 is 0 Å². The summed E-state index contributed by atoms with van der Waals surface area (Å²) >= 11 is 0. The summed E-state index contributed by atoms with van der Waals surface area (Å²) in [6.45, 7) is -0.330. The number of aliphatic hydroxyl groups is 3. The highest BCUT2D eigenvalue weighted by molar-refractivity contribution is 5.77. The third-order valence-corrected chi connectivity index (χ3v) is 2.30. The minimum Gasteiger partial charge on any atom is -0.396 e. The minimum atomic E-state index is -1.52. The maximum Gasteiger partial charge on any atom is 0.150 e. The molecule has 1 rings (SSSR count). The summed E-state index contributed by atoms with van der Waals surface area (Å²) in [5.41, 5.74) is -0.247. The topological polar surface area (TPSA) is 77.8 Å². The van der Waals surface area contributed by atoms with Gasteiger partial charge in [0.1, 0.15) is 11.9 Å². The molecule has 0 aromatic heterocycles. The second-order valence-corrected chi connectivity index (χ2v) is 3.39. The van der Waals surface area contributed by atoms with E-state index in [4.69, 9.17) is 5.11 Å². The van der Waals surface area contributed by atoms with Gasteiger partial charge in [0, 0.05) is 17.7 Å². The second kappa shape index (κ2) is 5.69. The fraction of sp³-hybridized carbons (Fsp3) is 0.364. The van der Waals surface area contributed by atoms with Crippen LogP contribution < -0.4 is 0 Å². The van der Waals surface area contributed by atoms with E-state index in [9.17, 15) is 19.4 Å². The lowest BCUT2D eigenvalue weighted by Gasteiger charge is -2.19. The fourth-order valence-corrected chi connectivity index (χ4v) is 1.45. The number of halogens is 1. The quantitative estimate of drug-likeness (QED) is 0.638. The highest BCUT2D eigenvalue weighted by Crippen LogP contribution is 2.24. The van der Waals surface area contributed by atoms with Gasteiger partial charge in [-0.2, -0.15) is 0 Å². The zero-order valence-corrected chi connectivity index (χ0v) is 8.51. The van der Waals surface area contributed by atoms with Crippen LogP contribution in [0.4, 0.5) is 4.39 Å². The Labute approximate surface area is 92.0 Å². The number of carbonyl (C=O) groups is 1. The van der Waals surface area contributed by atoms with Crippen molar-refractivity contribution in [1.82, 2.24) is 0 Å². The zero-order chi connectivity index (χ0) is 12.1. The molecule has 0 saturated carbocycles. The molecule has 88 valence electrons. The highest BCUT2D eigenvalue weighted by Gasteiger charge is 2.23. The van der Waals surface area contributed by atoms with E-state index >= 15 is 0 Å². The fourth-order valence-electron chi connectivity index (χ4n) is 1.45. The number of carbonyl (C=O) groups excluding carboxylic acids is 1. The number of hydrogen-bond donors (Lipinski definition) is 3. The summed E-state index contributed by atoms with van der Waals surface area (Å²) in [7, 11) is 0. The standard InChI is InChI=1S/C11H13FO4/c12-8-3-1-2-7(6-14)10(8)11(16)9(15)4-5-13/h1-3,6,9,11,13,15-16H,4-5H2. The number of aldehydes is 1. The Hall–Kier alpha value is -1.30. The molecule has 0 aliphatic heterocycles. The summed E-state index contributed by atoms with van der Waals surface area (Å²) in [5.74, 6) is -0.755. The van der Waals surface area contributed by atoms with Crippen molar-refractivity contribution in [3.05, 3.63) is 35.1 Å². The van der Waals surface area contributed by atoms with Crippen molar-refractivity contribution in [1.29, 1.82) is 0 Å². The molecule has 0 heterocycles. The van der Waals surface area contributed by atoms with Gasteiger partial charge in [-0.05, 0) is 12.5 Å². The molecule has 0 fully saturated rings. The van der Waals surface area contributed by atoms with Crippen LogP contribution in [0.5, 0.6) is 0 Å². The molecule has 0 amide bonds. The van der Waals surface area contributed by atoms with Gasteiger partial charge in [-0.1, -0.05) is 12.1 Å². The third kappa shape index (κ3) is 2.63. The lowest BCUT2D eigenvalue weighted by molar-refractivity contribution is 0.00208. The first-order valence-corrected chi connectivity index (χ1v) is 4.82. The Bertz CT molecular complexity index is 367. The molecule has 5 heteroatoms. The van der Waals surface area contributed by atoms with E-state index in [1.165, 1.54) is 12.1 Å². The molecule has 0 saturated heterocycles. The summed E-state index contributed by atoms with van der Waals surface area (Å²) in [4.78, 5) is 10.7. The van der Waals surface area contributed by atoms with Crippen molar-refractivity contribution in [2.45, 2.75) is 18.6 Å². The van der Waals surface area contributed by atoms with E-state index in [-0.39, 0.29) is 24.2 Å². The van der Waals surface area contributed by atoms with Crippen LogP contribution in [0.25, 0.3) is 0 Å². The predicted molar refractivity (Wildman–Crippen MR) is 54.5 cm³/mol. The first-order valence-electron chi connectivity index (χ1n) is 4.82. The van der Waals surface area contributed by atoms with Crippen molar-refractivity contribution in [3.8, 4) is 0 Å². The van der Waals surface area contributed by atoms with Crippen LogP contribution in [0.15, 0.2) is 18.2 Å². The van der Waals surface area contributed by atoms with E-state index in [1.54, 1.807) is 0 Å². The van der Waals surface area contributed by atoms with Gasteiger partial charge < -0.3 is 15.3 Å². The first-order chi connectivity index (χ1) is 7.61. The molecule has 0 spiro atoms. The summed E-state index contributed by atoms with van der Waals surface area (Å²) in [6, 6.07) is 3.78. The maximum atomic E-state index is 13.4. The largest absolute Gasteiger partial charge is 0.396 e. The molecule has 1 aromatic carbocycles. The van der Waals surface area contributed by atoms with Gasteiger partial charge in [0.2, 0.25) is 0 Å². The molecular weight excluding hydrogens is 215 g/mol. The molecule has 1 aromatic rings. The van der Waals surface area contributed by atoms with E-state index in [0.717, 1.165) is 6.07 Å². The van der Waals surface area contributed by atoms with Crippen molar-refractivity contribution in [3.63, 3.8) is 0 Å². The second-order valence-electron chi connectivity index (χ2n) is 3.39. The van der Waals surface area contributed by atoms with Gasteiger partial charge in [-0.25, -0.2) is 4.39 Å². The third-order valence-electron chi connectivity index (χ3n) is 2.30. The predicted octanol–water partition coefficient (Wildman–Crippen LogP) is 0.415. The van der Waals surface area contributed by atoms with Gasteiger partial charge in [-0.15, -0.1) is 0 Å². The molecule has 16 heavy (non-hydrogen) atoms. The molecule has 0 radical (unpaired) electrons. The molecule has 4 nitrogen and oxygen atoms in total. The Balaban J connectivity index is 3.06. The SMILES string of the molecule is O=Cc1cccc(F)c1C(O)C(O)CCO. The van der Waals surface area contributed by atoms with E-state index in [0.29, 0.717) is 6.29 Å². The molecule has 2 unspecified atom stereocenters. The molecule has 0 aliphatic rings. The first kappa shape index (κ1) is 12.8. The average Bonchev–Trinajstić information content (AvgIpc) is 2.28. The number of hydrogen-bond acceptors (Lipinski definition) is 4. The lowest BCUT2D eigenvalue weighted by atomic mass is 9.97. The number of aliphatic hydroxyl groups excluding tert-OH is 3. The summed E-state index contributed by atoms with van der Waals surface area (Å²) in [6.07, 6.45) is -2.50. The van der Waals surface area contributed by atoms with Gasteiger partial charge in [0.25, 0.3) is 0 Å². The van der Waals surface area contributed by atoms with Crippen molar-refractivity contribution in [2.75, 3.05) is 6.61 Å². The summed E-state index contributed by atoms with van der Waals surface area (Å²) < 4.78 is 13.4. The molecule has 3 N–H and O–H groups in total. The van der Waals surface area contributed by atoms with Gasteiger partial charge in [-0.3, -0.25) is 4.79 Å². The molecular formula is C11H13FO4. The van der Waals surface area contributed by atoms with E-state index in [2.05, 4.69) is 0 Å². The van der Waals surface area contributed by atoms with Crippen LogP contribution in [-0.4, -0.2) is 34.3 Å². The van der Waals surface area contributed by atoms with Crippen molar-refractivity contribution >= 4 is 6.29 Å². The maximum absolute atomic E-state index is 13.4. The van der Waals surface area contributed by atoms with E-state index < -0.39 is 18.0 Å². The number of rotatable bonds is 5. The highest BCUT2D eigenvalue weighted by atomic mass is 19.1. The normalized spacial score (nSPS) is 14.5. The van der Waals surface area contributed by atoms with Crippen LogP contribution in [0, 0.1) is 5.82 Å². The van der Waals surface area contributed by atoms with Crippen LogP contribution in [0.1, 0.15) is 28.4 Å². The van der Waals surface area contributed by atoms with Crippen molar-refractivity contribution in [2.24, 2.45) is 0 Å². The number of benzene rings is 1. The average molecular weight is 228 g/mol. The Morgan fingerprint density at radius 3 is 2.62 bits per heavy atom. The molecule has 0 bridgehead atoms. The minimum absolute atomic E-state index is 0.00973. The summed E-state index contributed by atoms with van der Waals surface area (Å²) in [5, 5.41) is 27.7. The Kier molecular flexibility index (Phi) is 4.54. The Morgan fingerprint density at radius 2 is 2.06 bits per heavy atom. The van der Waals surface area contributed by atoms with Crippen molar-refractivity contribution < 1.29 is 24.5 Å². The monoisotopic (exact) mass is 228 g/mol. The van der Waals surface area contributed by atoms with Gasteiger partial charge in [0.15, 0.2) is 6.29 Å². The Morgan fingerprint density at radius 1 is 1.38 bits per heavy atom. The molecule has 2 atom stereocenters. The molecule has 0 aliphatic carbocycles. The van der Waals surface area contributed by atoms with Crippen LogP contribution in [0.2, 0.25) is 0 Å². The smallest absolute Gasteiger partial charge is 0.150 e. The van der Waals surface area contributed by atoms with Crippen LogP contribution >= 0.6 is 0 Å². The zero-order valence-electron chi connectivity index (χ0n) is 8.51.